The van der Waals surface area contributed by atoms with Crippen LogP contribution in [0.5, 0.6) is 0 Å². The fourth-order valence-corrected chi connectivity index (χ4v) is 3.17. The second-order valence-corrected chi connectivity index (χ2v) is 6.73. The van der Waals surface area contributed by atoms with Gasteiger partial charge in [-0.05, 0) is 48.9 Å². The molecule has 28 heavy (non-hydrogen) atoms. The summed E-state index contributed by atoms with van der Waals surface area (Å²) in [5.41, 5.74) is 16.3. The van der Waals surface area contributed by atoms with Crippen LogP contribution in [-0.4, -0.2) is 38.9 Å². The summed E-state index contributed by atoms with van der Waals surface area (Å²) in [4.78, 5) is 28.0. The third-order valence-corrected chi connectivity index (χ3v) is 4.63. The largest absolute Gasteiger partial charge is 0.352 e. The van der Waals surface area contributed by atoms with E-state index >= 15 is 0 Å². The van der Waals surface area contributed by atoms with Crippen molar-refractivity contribution in [2.75, 3.05) is 13.1 Å². The van der Waals surface area contributed by atoms with E-state index < -0.39 is 0 Å². The van der Waals surface area contributed by atoms with Gasteiger partial charge in [0.1, 0.15) is 11.6 Å². The number of H-pyrrole nitrogens is 2. The molecule has 0 aliphatic carbocycles. The van der Waals surface area contributed by atoms with E-state index in [-0.39, 0.29) is 5.91 Å². The predicted molar refractivity (Wildman–Crippen MR) is 109 cm³/mol. The van der Waals surface area contributed by atoms with Gasteiger partial charge in [0.05, 0.1) is 28.5 Å². The first-order chi connectivity index (χ1) is 13.7. The number of benzene rings is 2. The van der Waals surface area contributed by atoms with Crippen molar-refractivity contribution >= 4 is 28.0 Å². The molecule has 0 saturated carbocycles. The maximum Gasteiger partial charge on any atom is 0.251 e. The van der Waals surface area contributed by atoms with Crippen molar-refractivity contribution in [2.24, 2.45) is 11.5 Å². The first kappa shape index (κ1) is 18.1. The number of nitrogens with two attached hydrogens (primary N) is 2. The Hall–Kier alpha value is -3.23. The average molecular weight is 377 g/mol. The van der Waals surface area contributed by atoms with Crippen molar-refractivity contribution in [3.05, 3.63) is 59.2 Å². The molecule has 0 unspecified atom stereocenters. The fourth-order valence-electron chi connectivity index (χ4n) is 3.17. The van der Waals surface area contributed by atoms with Gasteiger partial charge in [-0.15, -0.1) is 0 Å². The number of fused-ring (bicyclic) bond motifs is 2. The molecule has 1 amide bonds. The summed E-state index contributed by atoms with van der Waals surface area (Å²) in [6, 6.07) is 11.4. The van der Waals surface area contributed by atoms with Crippen molar-refractivity contribution in [2.45, 2.75) is 19.4 Å². The van der Waals surface area contributed by atoms with Crippen LogP contribution in [0.15, 0.2) is 36.4 Å². The zero-order chi connectivity index (χ0) is 19.5. The Bertz CT molecular complexity index is 1130. The number of imidazole rings is 2. The van der Waals surface area contributed by atoms with Gasteiger partial charge < -0.3 is 26.8 Å². The van der Waals surface area contributed by atoms with Crippen LogP contribution in [0.2, 0.25) is 0 Å². The lowest BCUT2D eigenvalue weighted by Crippen LogP contribution is -2.25. The Kier molecular flexibility index (Phi) is 5.05. The standard InChI is InChI=1S/C20H23N7O/c21-6-1-7-23-20(28)13-3-5-15-17(9-13)27-19(25-15)10-18-24-14-4-2-12(11-22)8-16(14)26-18/h2-5,8-9H,1,6-7,10-11,21-22H2,(H,23,28)(H,24,26)(H,25,27). The number of aromatic amines is 2. The number of amides is 1. The Morgan fingerprint density at radius 1 is 0.964 bits per heavy atom. The summed E-state index contributed by atoms with van der Waals surface area (Å²) < 4.78 is 0. The molecule has 7 N–H and O–H groups in total. The van der Waals surface area contributed by atoms with Gasteiger partial charge in [-0.2, -0.15) is 0 Å². The van der Waals surface area contributed by atoms with E-state index in [1.807, 2.05) is 30.3 Å². The van der Waals surface area contributed by atoms with Gasteiger partial charge in [0, 0.05) is 18.7 Å². The van der Waals surface area contributed by atoms with E-state index in [9.17, 15) is 4.79 Å². The molecule has 0 radical (unpaired) electrons. The van der Waals surface area contributed by atoms with Crippen LogP contribution in [0.4, 0.5) is 0 Å². The summed E-state index contributed by atoms with van der Waals surface area (Å²) in [7, 11) is 0. The lowest BCUT2D eigenvalue weighted by Gasteiger charge is -2.03. The van der Waals surface area contributed by atoms with Gasteiger partial charge in [0.15, 0.2) is 0 Å². The molecule has 4 rings (SSSR count). The summed E-state index contributed by atoms with van der Waals surface area (Å²) in [6.07, 6.45) is 1.30. The van der Waals surface area contributed by atoms with Crippen LogP contribution in [0.3, 0.4) is 0 Å². The Labute approximate surface area is 161 Å². The van der Waals surface area contributed by atoms with Crippen molar-refractivity contribution in [3.63, 3.8) is 0 Å². The van der Waals surface area contributed by atoms with Gasteiger partial charge in [0.25, 0.3) is 5.91 Å². The summed E-state index contributed by atoms with van der Waals surface area (Å²) in [6.45, 7) is 1.62. The van der Waals surface area contributed by atoms with E-state index in [0.717, 1.165) is 45.7 Å². The smallest absolute Gasteiger partial charge is 0.251 e. The quantitative estimate of drug-likeness (QED) is 0.311. The second-order valence-electron chi connectivity index (χ2n) is 6.73. The van der Waals surface area contributed by atoms with Crippen molar-refractivity contribution in [3.8, 4) is 0 Å². The first-order valence-electron chi connectivity index (χ1n) is 9.31. The highest BCUT2D eigenvalue weighted by molar-refractivity contribution is 5.97. The van der Waals surface area contributed by atoms with E-state index in [4.69, 9.17) is 11.5 Å². The maximum absolute atomic E-state index is 12.2. The molecule has 8 heteroatoms. The molecule has 0 bridgehead atoms. The third kappa shape index (κ3) is 3.73. The van der Waals surface area contributed by atoms with Gasteiger partial charge in [-0.3, -0.25) is 4.79 Å². The normalized spacial score (nSPS) is 11.4. The minimum atomic E-state index is -0.112. The number of hydrogen-bond donors (Lipinski definition) is 5. The van der Waals surface area contributed by atoms with Gasteiger partial charge in [-0.25, -0.2) is 9.97 Å². The van der Waals surface area contributed by atoms with Crippen molar-refractivity contribution < 1.29 is 4.79 Å². The zero-order valence-electron chi connectivity index (χ0n) is 15.5. The number of nitrogens with one attached hydrogen (secondary N) is 3. The molecule has 0 aliphatic rings. The molecule has 2 aromatic carbocycles. The van der Waals surface area contributed by atoms with E-state index in [1.54, 1.807) is 6.07 Å². The lowest BCUT2D eigenvalue weighted by molar-refractivity contribution is 0.0953. The SMILES string of the molecule is NCCCNC(=O)c1ccc2nc(Cc3nc4ccc(CN)cc4[nH]3)[nH]c2c1. The maximum atomic E-state index is 12.2. The monoisotopic (exact) mass is 377 g/mol. The summed E-state index contributed by atoms with van der Waals surface area (Å²) >= 11 is 0. The molecule has 0 saturated heterocycles. The highest BCUT2D eigenvalue weighted by atomic mass is 16.1. The lowest BCUT2D eigenvalue weighted by atomic mass is 10.2. The molecule has 2 aromatic heterocycles. The third-order valence-electron chi connectivity index (χ3n) is 4.63. The fraction of sp³-hybridized carbons (Fsp3) is 0.250. The van der Waals surface area contributed by atoms with Crippen LogP contribution < -0.4 is 16.8 Å². The second kappa shape index (κ2) is 7.79. The van der Waals surface area contributed by atoms with Crippen LogP contribution in [-0.2, 0) is 13.0 Å². The Balaban J connectivity index is 1.53. The molecule has 8 nitrogen and oxygen atoms in total. The number of carbonyl (C=O) groups excluding carboxylic acids is 1. The van der Waals surface area contributed by atoms with Crippen LogP contribution in [0, 0.1) is 0 Å². The van der Waals surface area contributed by atoms with E-state index in [1.165, 1.54) is 0 Å². The molecule has 0 fully saturated rings. The number of rotatable bonds is 7. The summed E-state index contributed by atoms with van der Waals surface area (Å²) in [5.74, 6) is 1.50. The predicted octanol–water partition coefficient (Wildman–Crippen LogP) is 1.57. The number of aromatic nitrogens is 4. The molecule has 144 valence electrons. The number of carbonyl (C=O) groups is 1. The Morgan fingerprint density at radius 2 is 1.64 bits per heavy atom. The topological polar surface area (TPSA) is 138 Å². The molecule has 2 heterocycles. The van der Waals surface area contributed by atoms with Gasteiger partial charge in [0.2, 0.25) is 0 Å². The number of hydrogen-bond acceptors (Lipinski definition) is 5. The molecule has 0 aliphatic heterocycles. The highest BCUT2D eigenvalue weighted by Crippen LogP contribution is 2.18. The zero-order valence-corrected chi connectivity index (χ0v) is 15.5. The average Bonchev–Trinajstić information content (AvgIpc) is 3.29. The molecular weight excluding hydrogens is 354 g/mol. The summed E-state index contributed by atoms with van der Waals surface area (Å²) in [5, 5.41) is 2.86. The molecule has 0 atom stereocenters. The molecular formula is C20H23N7O. The van der Waals surface area contributed by atoms with Gasteiger partial charge in [-0.1, -0.05) is 6.07 Å². The molecule has 4 aromatic rings. The minimum absolute atomic E-state index is 0.112. The van der Waals surface area contributed by atoms with Crippen molar-refractivity contribution in [1.29, 1.82) is 0 Å². The van der Waals surface area contributed by atoms with Gasteiger partial charge >= 0.3 is 0 Å². The number of nitrogens with zero attached hydrogens (tertiary/aromatic N) is 2. The molecule has 0 spiro atoms. The van der Waals surface area contributed by atoms with E-state index in [0.29, 0.717) is 31.6 Å². The van der Waals surface area contributed by atoms with Crippen LogP contribution in [0.25, 0.3) is 22.1 Å². The van der Waals surface area contributed by atoms with Crippen molar-refractivity contribution in [1.82, 2.24) is 25.3 Å². The first-order valence-corrected chi connectivity index (χ1v) is 9.31. The Morgan fingerprint density at radius 3 is 2.32 bits per heavy atom. The van der Waals surface area contributed by atoms with Crippen LogP contribution >= 0.6 is 0 Å². The van der Waals surface area contributed by atoms with E-state index in [2.05, 4.69) is 25.3 Å². The minimum Gasteiger partial charge on any atom is -0.352 e. The van der Waals surface area contributed by atoms with Crippen LogP contribution in [0.1, 0.15) is 34.0 Å². The highest BCUT2D eigenvalue weighted by Gasteiger charge is 2.11.